The molecule has 0 unspecified atom stereocenters. The second-order valence-electron chi connectivity index (χ2n) is 2.06. The van der Waals surface area contributed by atoms with Crippen molar-refractivity contribution in [2.45, 2.75) is 12.8 Å². The topological polar surface area (TPSA) is 12.0 Å². The van der Waals surface area contributed by atoms with Gasteiger partial charge in [0.15, 0.2) is 0 Å². The third-order valence-electron chi connectivity index (χ3n) is 1.15. The van der Waals surface area contributed by atoms with Gasteiger partial charge >= 0.3 is 0 Å². The van der Waals surface area contributed by atoms with E-state index in [4.69, 9.17) is 0 Å². The Kier molecular flexibility index (Phi) is 7.26. The molecule has 62 valence electrons. The monoisotopic (exact) mass is 215 g/mol. The van der Waals surface area contributed by atoms with E-state index in [2.05, 4.69) is 40.0 Å². The maximum Gasteiger partial charge on any atom is 0.0129 e. The van der Waals surface area contributed by atoms with Crippen molar-refractivity contribution in [2.75, 3.05) is 7.05 Å². The fourth-order valence-electron chi connectivity index (χ4n) is 0.602. The van der Waals surface area contributed by atoms with Gasteiger partial charge in [0.1, 0.15) is 0 Å². The zero-order valence-corrected chi connectivity index (χ0v) is 8.39. The van der Waals surface area contributed by atoms with Gasteiger partial charge in [-0.25, -0.2) is 0 Å². The summed E-state index contributed by atoms with van der Waals surface area (Å²) in [6, 6.07) is 0. The summed E-state index contributed by atoms with van der Waals surface area (Å²) in [7, 11) is 1.89. The highest BCUT2D eigenvalue weighted by Gasteiger charge is 1.80. The number of nitrogens with one attached hydrogen (secondary N) is 1. The van der Waals surface area contributed by atoms with Gasteiger partial charge in [0.05, 0.1) is 0 Å². The van der Waals surface area contributed by atoms with Crippen LogP contribution in [-0.2, 0) is 0 Å². The Labute approximate surface area is 77.0 Å². The predicted octanol–water partition coefficient (Wildman–Crippen LogP) is 2.96. The van der Waals surface area contributed by atoms with Crippen molar-refractivity contribution < 1.29 is 0 Å². The van der Waals surface area contributed by atoms with Crippen LogP contribution in [0, 0.1) is 0 Å². The van der Waals surface area contributed by atoms with E-state index < -0.39 is 0 Å². The third-order valence-corrected chi connectivity index (χ3v) is 1.80. The van der Waals surface area contributed by atoms with Crippen LogP contribution in [0.5, 0.6) is 0 Å². The fraction of sp³-hybridized carbons (Fsp3) is 0.333. The van der Waals surface area contributed by atoms with Gasteiger partial charge in [-0.1, -0.05) is 40.7 Å². The largest absolute Gasteiger partial charge is 0.394 e. The Balaban J connectivity index is 3.40. The molecule has 0 aliphatic carbocycles. The standard InChI is InChI=1S/C9H14BrN/c1-3-9(10)7-5-4-6-8-11-2/h3,6-8,11H,1,4-5H2,2H3/b8-6-,9-7+. The molecule has 0 radical (unpaired) electrons. The van der Waals surface area contributed by atoms with E-state index in [1.54, 1.807) is 6.08 Å². The molecule has 1 N–H and O–H groups in total. The fourth-order valence-corrected chi connectivity index (χ4v) is 0.831. The molecule has 0 aliphatic rings. The molecule has 0 atom stereocenters. The van der Waals surface area contributed by atoms with E-state index in [-0.39, 0.29) is 0 Å². The molecule has 11 heavy (non-hydrogen) atoms. The van der Waals surface area contributed by atoms with Crippen LogP contribution in [0.3, 0.4) is 0 Å². The van der Waals surface area contributed by atoms with Crippen molar-refractivity contribution >= 4 is 15.9 Å². The first-order valence-corrected chi connectivity index (χ1v) is 4.41. The molecule has 0 aliphatic heterocycles. The molecule has 0 rings (SSSR count). The van der Waals surface area contributed by atoms with Gasteiger partial charge in [0, 0.05) is 11.5 Å². The number of rotatable bonds is 5. The maximum absolute atomic E-state index is 3.63. The molecule has 0 bridgehead atoms. The minimum Gasteiger partial charge on any atom is -0.394 e. The Hall–Kier alpha value is -0.500. The summed E-state index contributed by atoms with van der Waals surface area (Å²) in [6.07, 6.45) is 10.0. The third kappa shape index (κ3) is 7.40. The van der Waals surface area contributed by atoms with E-state index in [0.29, 0.717) is 0 Å². The van der Waals surface area contributed by atoms with Gasteiger partial charge < -0.3 is 5.32 Å². The lowest BCUT2D eigenvalue weighted by atomic mass is 10.3. The van der Waals surface area contributed by atoms with Crippen molar-refractivity contribution in [3.05, 3.63) is 35.5 Å². The molecule has 1 nitrogen and oxygen atoms in total. The normalized spacial score (nSPS) is 12.0. The summed E-state index contributed by atoms with van der Waals surface area (Å²) < 4.78 is 1.07. The second-order valence-corrected chi connectivity index (χ2v) is 2.98. The van der Waals surface area contributed by atoms with E-state index in [1.807, 2.05) is 13.2 Å². The lowest BCUT2D eigenvalue weighted by Crippen LogP contribution is -1.90. The second kappa shape index (κ2) is 7.61. The summed E-state index contributed by atoms with van der Waals surface area (Å²) in [5, 5.41) is 2.94. The number of hydrogen-bond donors (Lipinski definition) is 1. The zero-order valence-electron chi connectivity index (χ0n) is 6.81. The lowest BCUT2D eigenvalue weighted by molar-refractivity contribution is 1.01. The number of allylic oxidation sites excluding steroid dienone is 4. The molecule has 0 fully saturated rings. The first-order chi connectivity index (χ1) is 5.31. The quantitative estimate of drug-likeness (QED) is 0.550. The van der Waals surface area contributed by atoms with Crippen LogP contribution < -0.4 is 5.32 Å². The van der Waals surface area contributed by atoms with Crippen LogP contribution in [0.15, 0.2) is 35.5 Å². The van der Waals surface area contributed by atoms with Crippen LogP contribution in [0.25, 0.3) is 0 Å². The highest BCUT2D eigenvalue weighted by molar-refractivity contribution is 9.11. The Bertz CT molecular complexity index is 159. The van der Waals surface area contributed by atoms with Crippen LogP contribution >= 0.6 is 15.9 Å². The van der Waals surface area contributed by atoms with Crippen molar-refractivity contribution in [1.29, 1.82) is 0 Å². The van der Waals surface area contributed by atoms with Gasteiger partial charge in [-0.15, -0.1) is 0 Å². The molecule has 0 saturated heterocycles. The Morgan fingerprint density at radius 1 is 1.55 bits per heavy atom. The molecule has 0 heterocycles. The van der Waals surface area contributed by atoms with Gasteiger partial charge in [0.2, 0.25) is 0 Å². The van der Waals surface area contributed by atoms with Crippen LogP contribution in [0.4, 0.5) is 0 Å². The summed E-state index contributed by atoms with van der Waals surface area (Å²) >= 11 is 3.35. The zero-order chi connectivity index (χ0) is 8.53. The van der Waals surface area contributed by atoms with E-state index >= 15 is 0 Å². The van der Waals surface area contributed by atoms with Crippen LogP contribution in [-0.4, -0.2) is 7.05 Å². The van der Waals surface area contributed by atoms with Crippen LogP contribution in [0.2, 0.25) is 0 Å². The molecule has 0 aromatic carbocycles. The first kappa shape index (κ1) is 10.5. The van der Waals surface area contributed by atoms with E-state index in [0.717, 1.165) is 17.3 Å². The van der Waals surface area contributed by atoms with Gasteiger partial charge in [0.25, 0.3) is 0 Å². The number of unbranched alkanes of at least 4 members (excludes halogenated alkanes) is 1. The van der Waals surface area contributed by atoms with Crippen molar-refractivity contribution in [2.24, 2.45) is 0 Å². The molecule has 0 aromatic rings. The predicted molar refractivity (Wildman–Crippen MR) is 54.6 cm³/mol. The molecule has 0 aromatic heterocycles. The SMILES string of the molecule is C=C/C(Br)=C\CC/C=C\NC. The summed E-state index contributed by atoms with van der Waals surface area (Å²) in [4.78, 5) is 0. The molecule has 0 saturated carbocycles. The first-order valence-electron chi connectivity index (χ1n) is 3.61. The maximum atomic E-state index is 3.63. The van der Waals surface area contributed by atoms with Gasteiger partial charge in [-0.2, -0.15) is 0 Å². The average molecular weight is 216 g/mol. The van der Waals surface area contributed by atoms with E-state index in [1.165, 1.54) is 0 Å². The summed E-state index contributed by atoms with van der Waals surface area (Å²) in [5.74, 6) is 0. The molecular formula is C9H14BrN. The molecule has 0 amide bonds. The number of hydrogen-bond acceptors (Lipinski definition) is 1. The lowest BCUT2D eigenvalue weighted by Gasteiger charge is -1.89. The average Bonchev–Trinajstić information content (AvgIpc) is 2.04. The Morgan fingerprint density at radius 3 is 2.82 bits per heavy atom. The van der Waals surface area contributed by atoms with Gasteiger partial charge in [-0.05, 0) is 19.0 Å². The number of halogens is 1. The minimum absolute atomic E-state index is 1.05. The van der Waals surface area contributed by atoms with Gasteiger partial charge in [-0.3, -0.25) is 0 Å². The Morgan fingerprint density at radius 2 is 2.27 bits per heavy atom. The summed E-state index contributed by atoms with van der Waals surface area (Å²) in [5.41, 5.74) is 0. The minimum atomic E-state index is 1.05. The van der Waals surface area contributed by atoms with E-state index in [9.17, 15) is 0 Å². The highest BCUT2D eigenvalue weighted by Crippen LogP contribution is 2.07. The smallest absolute Gasteiger partial charge is 0.0129 e. The van der Waals surface area contributed by atoms with Crippen molar-refractivity contribution in [3.8, 4) is 0 Å². The highest BCUT2D eigenvalue weighted by atomic mass is 79.9. The van der Waals surface area contributed by atoms with Crippen LogP contribution in [0.1, 0.15) is 12.8 Å². The van der Waals surface area contributed by atoms with Crippen molar-refractivity contribution in [3.63, 3.8) is 0 Å². The molecule has 2 heteroatoms. The summed E-state index contributed by atoms with van der Waals surface area (Å²) in [6.45, 7) is 3.63. The molecule has 0 spiro atoms. The van der Waals surface area contributed by atoms with Crippen molar-refractivity contribution in [1.82, 2.24) is 5.32 Å². The molecular weight excluding hydrogens is 202 g/mol.